The summed E-state index contributed by atoms with van der Waals surface area (Å²) >= 11 is 3.53. The molecule has 2 rings (SSSR count). The molecule has 1 aromatic rings. The van der Waals surface area contributed by atoms with E-state index in [4.69, 9.17) is 18.9 Å². The standard InChI is InChI=1S/C14H19BrO4/c1-14(2)7-18-13(19-8-14)10-5-9(16-3)6-11(17-4)12(10)15/h5-6,13H,7-8H2,1-4H3. The van der Waals surface area contributed by atoms with Gasteiger partial charge in [-0.05, 0) is 22.0 Å². The Labute approximate surface area is 122 Å². The molecule has 0 amide bonds. The van der Waals surface area contributed by atoms with Crippen LogP contribution in [-0.4, -0.2) is 27.4 Å². The third-order valence-corrected chi connectivity index (χ3v) is 3.85. The summed E-state index contributed by atoms with van der Waals surface area (Å²) in [4.78, 5) is 0. The number of hydrogen-bond acceptors (Lipinski definition) is 4. The van der Waals surface area contributed by atoms with Gasteiger partial charge in [0.2, 0.25) is 0 Å². The van der Waals surface area contributed by atoms with Crippen LogP contribution in [0.25, 0.3) is 0 Å². The molecule has 0 spiro atoms. The molecule has 106 valence electrons. The second-order valence-electron chi connectivity index (χ2n) is 5.35. The molecule has 1 heterocycles. The Morgan fingerprint density at radius 3 is 2.32 bits per heavy atom. The molecule has 0 aromatic heterocycles. The summed E-state index contributed by atoms with van der Waals surface area (Å²) in [7, 11) is 3.24. The van der Waals surface area contributed by atoms with Crippen LogP contribution in [0.3, 0.4) is 0 Å². The smallest absolute Gasteiger partial charge is 0.185 e. The van der Waals surface area contributed by atoms with Crippen LogP contribution < -0.4 is 9.47 Å². The van der Waals surface area contributed by atoms with Crippen molar-refractivity contribution in [2.24, 2.45) is 5.41 Å². The maximum atomic E-state index is 5.80. The first-order valence-corrected chi connectivity index (χ1v) is 6.91. The van der Waals surface area contributed by atoms with Crippen molar-refractivity contribution >= 4 is 15.9 Å². The monoisotopic (exact) mass is 330 g/mol. The first kappa shape index (κ1) is 14.6. The molecule has 0 bridgehead atoms. The summed E-state index contributed by atoms with van der Waals surface area (Å²) in [5.41, 5.74) is 0.929. The van der Waals surface area contributed by atoms with Crippen LogP contribution in [0.15, 0.2) is 16.6 Å². The van der Waals surface area contributed by atoms with Crippen molar-refractivity contribution in [3.05, 3.63) is 22.2 Å². The number of methoxy groups -OCH3 is 2. The van der Waals surface area contributed by atoms with E-state index in [0.717, 1.165) is 10.0 Å². The van der Waals surface area contributed by atoms with Crippen molar-refractivity contribution in [2.75, 3.05) is 27.4 Å². The highest BCUT2D eigenvalue weighted by atomic mass is 79.9. The molecule has 5 heteroatoms. The summed E-state index contributed by atoms with van der Waals surface area (Å²) in [5.74, 6) is 1.42. The molecule has 19 heavy (non-hydrogen) atoms. The van der Waals surface area contributed by atoms with Crippen LogP contribution in [0.5, 0.6) is 11.5 Å². The molecule has 0 aliphatic carbocycles. The van der Waals surface area contributed by atoms with E-state index in [0.29, 0.717) is 24.7 Å². The number of benzene rings is 1. The third kappa shape index (κ3) is 3.22. The van der Waals surface area contributed by atoms with Crippen molar-refractivity contribution in [2.45, 2.75) is 20.1 Å². The van der Waals surface area contributed by atoms with Gasteiger partial charge < -0.3 is 18.9 Å². The first-order valence-electron chi connectivity index (χ1n) is 6.11. The molecule has 1 aliphatic heterocycles. The van der Waals surface area contributed by atoms with Gasteiger partial charge in [-0.2, -0.15) is 0 Å². The summed E-state index contributed by atoms with van der Waals surface area (Å²) in [6.45, 7) is 5.54. The van der Waals surface area contributed by atoms with Gasteiger partial charge in [0.05, 0.1) is 31.9 Å². The Morgan fingerprint density at radius 1 is 1.16 bits per heavy atom. The van der Waals surface area contributed by atoms with Crippen LogP contribution >= 0.6 is 15.9 Å². The van der Waals surface area contributed by atoms with Gasteiger partial charge in [0.15, 0.2) is 6.29 Å². The Morgan fingerprint density at radius 2 is 1.79 bits per heavy atom. The Bertz CT molecular complexity index is 449. The van der Waals surface area contributed by atoms with Gasteiger partial charge in [-0.3, -0.25) is 0 Å². The van der Waals surface area contributed by atoms with Gasteiger partial charge >= 0.3 is 0 Å². The van der Waals surface area contributed by atoms with E-state index in [1.54, 1.807) is 14.2 Å². The maximum absolute atomic E-state index is 5.80. The van der Waals surface area contributed by atoms with E-state index in [2.05, 4.69) is 29.8 Å². The maximum Gasteiger partial charge on any atom is 0.185 e. The van der Waals surface area contributed by atoms with Gasteiger partial charge in [-0.25, -0.2) is 0 Å². The highest BCUT2D eigenvalue weighted by molar-refractivity contribution is 9.10. The lowest BCUT2D eigenvalue weighted by atomic mass is 9.95. The second-order valence-corrected chi connectivity index (χ2v) is 6.14. The van der Waals surface area contributed by atoms with E-state index in [-0.39, 0.29) is 5.41 Å². The molecule has 0 saturated carbocycles. The van der Waals surface area contributed by atoms with Gasteiger partial charge in [0.25, 0.3) is 0 Å². The van der Waals surface area contributed by atoms with Crippen LogP contribution in [0, 0.1) is 5.41 Å². The van der Waals surface area contributed by atoms with Crippen molar-refractivity contribution < 1.29 is 18.9 Å². The van der Waals surface area contributed by atoms with Crippen LogP contribution in [0.4, 0.5) is 0 Å². The minimum Gasteiger partial charge on any atom is -0.497 e. The largest absolute Gasteiger partial charge is 0.497 e. The van der Waals surface area contributed by atoms with Crippen LogP contribution in [0.1, 0.15) is 25.7 Å². The topological polar surface area (TPSA) is 36.9 Å². The van der Waals surface area contributed by atoms with E-state index < -0.39 is 6.29 Å². The van der Waals surface area contributed by atoms with Gasteiger partial charge in [0.1, 0.15) is 11.5 Å². The molecule has 0 radical (unpaired) electrons. The zero-order valence-corrected chi connectivity index (χ0v) is 13.2. The molecule has 1 aliphatic rings. The van der Waals surface area contributed by atoms with E-state index in [1.807, 2.05) is 12.1 Å². The van der Waals surface area contributed by atoms with Gasteiger partial charge in [-0.1, -0.05) is 13.8 Å². The summed E-state index contributed by atoms with van der Waals surface area (Å²) in [5, 5.41) is 0. The Kier molecular flexibility index (Phi) is 4.38. The van der Waals surface area contributed by atoms with Crippen LogP contribution in [-0.2, 0) is 9.47 Å². The zero-order chi connectivity index (χ0) is 14.0. The molecular formula is C14H19BrO4. The first-order chi connectivity index (χ1) is 8.96. The SMILES string of the molecule is COc1cc(OC)c(Br)c(C2OCC(C)(C)CO2)c1. The lowest BCUT2D eigenvalue weighted by Crippen LogP contribution is -2.33. The Balaban J connectivity index is 2.29. The average molecular weight is 331 g/mol. The molecule has 0 N–H and O–H groups in total. The molecule has 4 nitrogen and oxygen atoms in total. The predicted octanol–water partition coefficient (Wildman–Crippen LogP) is 3.54. The summed E-state index contributed by atoms with van der Waals surface area (Å²) in [6, 6.07) is 3.72. The third-order valence-electron chi connectivity index (χ3n) is 3.00. The van der Waals surface area contributed by atoms with Crippen molar-refractivity contribution in [1.29, 1.82) is 0 Å². The van der Waals surface area contributed by atoms with Gasteiger partial charge in [-0.15, -0.1) is 0 Å². The molecule has 1 saturated heterocycles. The normalized spacial score (nSPS) is 19.2. The fourth-order valence-electron chi connectivity index (χ4n) is 1.90. The number of ether oxygens (including phenoxy) is 4. The summed E-state index contributed by atoms with van der Waals surface area (Å²) in [6.07, 6.45) is -0.397. The molecule has 0 atom stereocenters. The number of rotatable bonds is 3. The quantitative estimate of drug-likeness (QED) is 0.849. The number of halogens is 1. The fraction of sp³-hybridized carbons (Fsp3) is 0.571. The van der Waals surface area contributed by atoms with Crippen molar-refractivity contribution in [3.8, 4) is 11.5 Å². The van der Waals surface area contributed by atoms with Crippen molar-refractivity contribution in [1.82, 2.24) is 0 Å². The lowest BCUT2D eigenvalue weighted by Gasteiger charge is -2.35. The highest BCUT2D eigenvalue weighted by Crippen LogP contribution is 2.40. The highest BCUT2D eigenvalue weighted by Gasteiger charge is 2.31. The minimum absolute atomic E-state index is 0.0475. The Hall–Kier alpha value is -0.780. The van der Waals surface area contributed by atoms with Crippen molar-refractivity contribution in [3.63, 3.8) is 0 Å². The molecular weight excluding hydrogens is 312 g/mol. The van der Waals surface area contributed by atoms with E-state index >= 15 is 0 Å². The minimum atomic E-state index is -0.397. The zero-order valence-electron chi connectivity index (χ0n) is 11.7. The number of hydrogen-bond donors (Lipinski definition) is 0. The molecule has 1 aromatic carbocycles. The average Bonchev–Trinajstić information content (AvgIpc) is 2.39. The second kappa shape index (κ2) is 5.69. The van der Waals surface area contributed by atoms with Crippen LogP contribution in [0.2, 0.25) is 0 Å². The van der Waals surface area contributed by atoms with Gasteiger partial charge in [0, 0.05) is 17.0 Å². The van der Waals surface area contributed by atoms with E-state index in [9.17, 15) is 0 Å². The van der Waals surface area contributed by atoms with E-state index in [1.165, 1.54) is 0 Å². The predicted molar refractivity (Wildman–Crippen MR) is 75.7 cm³/mol. The fourth-order valence-corrected chi connectivity index (χ4v) is 2.48. The summed E-state index contributed by atoms with van der Waals surface area (Å²) < 4.78 is 23.0. The lowest BCUT2D eigenvalue weighted by molar-refractivity contribution is -0.226. The molecule has 0 unspecified atom stereocenters. The molecule has 1 fully saturated rings.